The van der Waals surface area contributed by atoms with Crippen LogP contribution in [0.5, 0.6) is 0 Å². The van der Waals surface area contributed by atoms with Crippen molar-refractivity contribution in [1.82, 2.24) is 24.1 Å². The standard InChI is InChI=1S/C60H34N8/c61-35-38-19-23-41(24-20-38)44-25-30-57(68-54-18-10-8-16-47(54)51-32-40(37-63)22-29-56(51)68)52(33-44)49-34-45(67-53-17-9-7-15-46(53)50-31-39(36-62)21-28-55(50)67)26-27-48(49)60-65-58(42-11-3-1-4-12-42)64-59(66-60)43-13-5-2-6-14-43/h1-34H. The molecule has 9 aromatic carbocycles. The molecule has 0 bridgehead atoms. The fraction of sp³-hybridized carbons (Fsp3) is 0. The number of fused-ring (bicyclic) bond motifs is 6. The average Bonchev–Trinajstić information content (AvgIpc) is 3.93. The molecule has 68 heavy (non-hydrogen) atoms. The van der Waals surface area contributed by atoms with Crippen molar-refractivity contribution in [3.05, 3.63) is 223 Å². The van der Waals surface area contributed by atoms with Gasteiger partial charge in [0.05, 0.1) is 62.7 Å². The smallest absolute Gasteiger partial charge is 0.164 e. The molecule has 8 heteroatoms. The summed E-state index contributed by atoms with van der Waals surface area (Å²) in [6.07, 6.45) is 0. The minimum absolute atomic E-state index is 0.496. The second-order valence-corrected chi connectivity index (χ2v) is 16.6. The van der Waals surface area contributed by atoms with Gasteiger partial charge in [0.25, 0.3) is 0 Å². The molecule has 8 nitrogen and oxygen atoms in total. The molecule has 0 N–H and O–H groups in total. The third-order valence-electron chi connectivity index (χ3n) is 12.7. The fourth-order valence-corrected chi connectivity index (χ4v) is 9.50. The zero-order valence-electron chi connectivity index (χ0n) is 36.2. The summed E-state index contributed by atoms with van der Waals surface area (Å²) in [5.74, 6) is 1.58. The van der Waals surface area contributed by atoms with Crippen LogP contribution in [0.4, 0.5) is 0 Å². The summed E-state index contributed by atoms with van der Waals surface area (Å²) in [4.78, 5) is 15.6. The predicted molar refractivity (Wildman–Crippen MR) is 270 cm³/mol. The van der Waals surface area contributed by atoms with Gasteiger partial charge in [0.15, 0.2) is 17.5 Å². The summed E-state index contributed by atoms with van der Waals surface area (Å²) in [7, 11) is 0. The van der Waals surface area contributed by atoms with E-state index in [1.807, 2.05) is 146 Å². The molecule has 0 atom stereocenters. The molecule has 0 spiro atoms. The maximum absolute atomic E-state index is 10.0. The van der Waals surface area contributed by atoms with Gasteiger partial charge in [0, 0.05) is 49.5 Å². The Bertz CT molecular complexity index is 4050. The third-order valence-corrected chi connectivity index (χ3v) is 12.7. The van der Waals surface area contributed by atoms with Crippen LogP contribution >= 0.6 is 0 Å². The van der Waals surface area contributed by atoms with Gasteiger partial charge in [-0.15, -0.1) is 0 Å². The average molecular weight is 867 g/mol. The van der Waals surface area contributed by atoms with E-state index >= 15 is 0 Å². The SMILES string of the molecule is N#Cc1ccc(-c2ccc(-n3c4ccccc4c4cc(C#N)ccc43)c(-c3cc(-n4c5ccccc5c5cc(C#N)ccc54)ccc3-c3nc(-c4ccccc4)nc(-c4ccccc4)n3)c2)cc1. The van der Waals surface area contributed by atoms with Crippen LogP contribution in [0.25, 0.3) is 111 Å². The van der Waals surface area contributed by atoms with Gasteiger partial charge < -0.3 is 9.13 Å². The topological polar surface area (TPSA) is 120 Å². The maximum Gasteiger partial charge on any atom is 0.164 e. The Morgan fingerprint density at radius 3 is 1.38 bits per heavy atom. The first-order valence-corrected chi connectivity index (χ1v) is 22.1. The molecule has 0 aliphatic heterocycles. The van der Waals surface area contributed by atoms with Gasteiger partial charge in [-0.05, 0) is 108 Å². The molecule has 314 valence electrons. The highest BCUT2D eigenvalue weighted by Crippen LogP contribution is 2.43. The zero-order chi connectivity index (χ0) is 45.7. The zero-order valence-corrected chi connectivity index (χ0v) is 36.2. The van der Waals surface area contributed by atoms with Crippen LogP contribution in [0, 0.1) is 34.0 Å². The lowest BCUT2D eigenvalue weighted by Crippen LogP contribution is -2.04. The van der Waals surface area contributed by atoms with Gasteiger partial charge in [-0.1, -0.05) is 115 Å². The van der Waals surface area contributed by atoms with Crippen LogP contribution in [0.2, 0.25) is 0 Å². The maximum atomic E-state index is 10.0. The summed E-state index contributed by atoms with van der Waals surface area (Å²) in [5.41, 5.74) is 13.6. The second kappa shape index (κ2) is 16.2. The van der Waals surface area contributed by atoms with Crippen molar-refractivity contribution in [3.8, 4) is 86.0 Å². The Hall–Kier alpha value is -9.94. The molecule has 12 rings (SSSR count). The first-order valence-electron chi connectivity index (χ1n) is 22.1. The van der Waals surface area contributed by atoms with E-state index in [1.165, 1.54) is 0 Å². The van der Waals surface area contributed by atoms with Crippen LogP contribution in [0.3, 0.4) is 0 Å². The molecule has 0 radical (unpaired) electrons. The molecule has 0 saturated heterocycles. The minimum Gasteiger partial charge on any atom is -0.309 e. The Labute approximate surface area is 390 Å². The first-order chi connectivity index (χ1) is 33.6. The van der Waals surface area contributed by atoms with Crippen molar-refractivity contribution < 1.29 is 0 Å². The van der Waals surface area contributed by atoms with Crippen molar-refractivity contribution in [2.45, 2.75) is 0 Å². The van der Waals surface area contributed by atoms with Crippen molar-refractivity contribution >= 4 is 43.6 Å². The monoisotopic (exact) mass is 866 g/mol. The lowest BCUT2D eigenvalue weighted by Gasteiger charge is -2.20. The quantitative estimate of drug-likeness (QED) is 0.157. The van der Waals surface area contributed by atoms with Crippen molar-refractivity contribution in [2.24, 2.45) is 0 Å². The number of hydrogen-bond acceptors (Lipinski definition) is 6. The normalized spacial score (nSPS) is 11.2. The number of rotatable bonds is 7. The van der Waals surface area contributed by atoms with E-state index in [2.05, 4.69) is 88.0 Å². The molecule has 0 saturated carbocycles. The Morgan fingerprint density at radius 1 is 0.309 bits per heavy atom. The van der Waals surface area contributed by atoms with E-state index in [4.69, 9.17) is 15.0 Å². The van der Waals surface area contributed by atoms with Crippen molar-refractivity contribution in [3.63, 3.8) is 0 Å². The van der Waals surface area contributed by atoms with Gasteiger partial charge in [-0.3, -0.25) is 0 Å². The van der Waals surface area contributed by atoms with Crippen LogP contribution in [0.15, 0.2) is 206 Å². The van der Waals surface area contributed by atoms with Crippen molar-refractivity contribution in [1.29, 1.82) is 15.8 Å². The number of nitrogens with zero attached hydrogens (tertiary/aromatic N) is 8. The van der Waals surface area contributed by atoms with Gasteiger partial charge in [0.1, 0.15) is 0 Å². The highest BCUT2D eigenvalue weighted by molar-refractivity contribution is 6.11. The summed E-state index contributed by atoms with van der Waals surface area (Å²) in [6.45, 7) is 0. The first kappa shape index (κ1) is 39.6. The fourth-order valence-electron chi connectivity index (χ4n) is 9.50. The van der Waals surface area contributed by atoms with E-state index in [0.717, 1.165) is 93.9 Å². The van der Waals surface area contributed by atoms with E-state index < -0.39 is 0 Å². The third kappa shape index (κ3) is 6.63. The summed E-state index contributed by atoms with van der Waals surface area (Å²) < 4.78 is 4.54. The molecule has 0 unspecified atom stereocenters. The lowest BCUT2D eigenvalue weighted by atomic mass is 9.92. The van der Waals surface area contributed by atoms with Crippen LogP contribution in [-0.4, -0.2) is 24.1 Å². The van der Waals surface area contributed by atoms with Gasteiger partial charge in [-0.2, -0.15) is 15.8 Å². The molecule has 3 heterocycles. The van der Waals surface area contributed by atoms with Crippen LogP contribution in [0.1, 0.15) is 16.7 Å². The Morgan fingerprint density at radius 2 is 0.794 bits per heavy atom. The highest BCUT2D eigenvalue weighted by Gasteiger charge is 2.23. The largest absolute Gasteiger partial charge is 0.309 e. The lowest BCUT2D eigenvalue weighted by molar-refractivity contribution is 1.07. The van der Waals surface area contributed by atoms with Gasteiger partial charge in [0.2, 0.25) is 0 Å². The van der Waals surface area contributed by atoms with E-state index in [9.17, 15) is 15.8 Å². The number of para-hydroxylation sites is 2. The Kier molecular flexibility index (Phi) is 9.47. The summed E-state index contributed by atoms with van der Waals surface area (Å²) in [6, 6.07) is 75.8. The van der Waals surface area contributed by atoms with Crippen LogP contribution in [-0.2, 0) is 0 Å². The second-order valence-electron chi connectivity index (χ2n) is 16.6. The summed E-state index contributed by atoms with van der Waals surface area (Å²) >= 11 is 0. The number of hydrogen-bond donors (Lipinski definition) is 0. The molecule has 0 aliphatic rings. The molecule has 0 aliphatic carbocycles. The molecule has 0 fully saturated rings. The number of nitriles is 3. The Balaban J connectivity index is 1.21. The number of benzene rings is 9. The van der Waals surface area contributed by atoms with E-state index in [1.54, 1.807) is 0 Å². The molecular weight excluding hydrogens is 833 g/mol. The van der Waals surface area contributed by atoms with E-state index in [-0.39, 0.29) is 0 Å². The summed E-state index contributed by atoms with van der Waals surface area (Å²) in [5, 5.41) is 33.7. The van der Waals surface area contributed by atoms with Gasteiger partial charge >= 0.3 is 0 Å². The van der Waals surface area contributed by atoms with Crippen LogP contribution < -0.4 is 0 Å². The minimum atomic E-state index is 0.496. The molecular formula is C60H34N8. The predicted octanol–water partition coefficient (Wildman–Crippen LogP) is 14.0. The number of aromatic nitrogens is 5. The molecule has 12 aromatic rings. The highest BCUT2D eigenvalue weighted by atomic mass is 15.0. The van der Waals surface area contributed by atoms with E-state index in [0.29, 0.717) is 34.2 Å². The molecule has 3 aromatic heterocycles. The van der Waals surface area contributed by atoms with Gasteiger partial charge in [-0.25, -0.2) is 15.0 Å². The molecule has 0 amide bonds. The van der Waals surface area contributed by atoms with Crippen molar-refractivity contribution in [2.75, 3.05) is 0 Å².